The first kappa shape index (κ1) is 18.1. The minimum Gasteiger partial charge on any atom is -0.455 e. The van der Waals surface area contributed by atoms with Gasteiger partial charge in [0.1, 0.15) is 22.5 Å². The second kappa shape index (κ2) is 6.74. The highest BCUT2D eigenvalue weighted by Gasteiger charge is 2.21. The van der Waals surface area contributed by atoms with Crippen LogP contribution in [0.5, 0.6) is 0 Å². The zero-order valence-electron chi connectivity index (χ0n) is 17.4. The molecule has 0 bridgehead atoms. The number of hydrogen-bond donors (Lipinski definition) is 0. The molecule has 156 valence electrons. The highest BCUT2D eigenvalue weighted by Crippen LogP contribution is 2.38. The summed E-state index contributed by atoms with van der Waals surface area (Å²) in [5.41, 5.74) is 4.60. The molecule has 0 atom stereocenters. The van der Waals surface area contributed by atoms with E-state index in [1.165, 1.54) is 12.1 Å². The maximum atomic E-state index is 13.9. The van der Waals surface area contributed by atoms with E-state index in [1.807, 2.05) is 54.7 Å². The number of halogens is 1. The number of hydrogen-bond acceptors (Lipinski definition) is 3. The largest absolute Gasteiger partial charge is 0.455 e. The van der Waals surface area contributed by atoms with Gasteiger partial charge < -0.3 is 4.42 Å². The van der Waals surface area contributed by atoms with Crippen molar-refractivity contribution in [2.24, 2.45) is 0 Å². The lowest BCUT2D eigenvalue weighted by atomic mass is 10.1. The van der Waals surface area contributed by atoms with E-state index in [9.17, 15) is 4.39 Å². The van der Waals surface area contributed by atoms with E-state index < -0.39 is 0 Å². The van der Waals surface area contributed by atoms with Gasteiger partial charge in [0.15, 0.2) is 11.5 Å². The van der Waals surface area contributed by atoms with Gasteiger partial charge in [0.25, 0.3) is 0 Å². The second-order valence-electron chi connectivity index (χ2n) is 8.05. The third-order valence-electron chi connectivity index (χ3n) is 6.12. The molecule has 3 heterocycles. The van der Waals surface area contributed by atoms with Crippen LogP contribution in [0.4, 0.5) is 4.39 Å². The molecule has 0 unspecified atom stereocenters. The summed E-state index contributed by atoms with van der Waals surface area (Å²) in [6.07, 6.45) is 1.86. The standard InChI is InChI=1S/C28H16FN3O/c29-18-13-14-21-22-11-6-12-23(26(22)33-24(21)15-18)28-31-27-25(32(28)19-8-2-1-3-9-19)20-10-5-4-7-17(20)16-30-27/h1-16H. The van der Waals surface area contributed by atoms with Gasteiger partial charge >= 0.3 is 0 Å². The predicted molar refractivity (Wildman–Crippen MR) is 129 cm³/mol. The number of nitrogens with zero attached hydrogens (tertiary/aromatic N) is 3. The summed E-state index contributed by atoms with van der Waals surface area (Å²) in [7, 11) is 0. The average Bonchev–Trinajstić information content (AvgIpc) is 3.42. The van der Waals surface area contributed by atoms with E-state index >= 15 is 0 Å². The summed E-state index contributed by atoms with van der Waals surface area (Å²) in [5, 5.41) is 3.92. The Balaban J connectivity index is 1.64. The monoisotopic (exact) mass is 429 g/mol. The third-order valence-corrected chi connectivity index (χ3v) is 6.12. The molecule has 33 heavy (non-hydrogen) atoms. The summed E-state index contributed by atoms with van der Waals surface area (Å²) >= 11 is 0. The first-order valence-electron chi connectivity index (χ1n) is 10.7. The Labute approximate surface area is 187 Å². The number of furan rings is 1. The van der Waals surface area contributed by atoms with Crippen molar-refractivity contribution >= 4 is 43.9 Å². The molecule has 0 fully saturated rings. The van der Waals surface area contributed by atoms with E-state index in [1.54, 1.807) is 6.07 Å². The lowest BCUT2D eigenvalue weighted by Crippen LogP contribution is -1.98. The molecule has 5 heteroatoms. The molecule has 3 aromatic heterocycles. The van der Waals surface area contributed by atoms with Gasteiger partial charge in [-0.05, 0) is 30.3 Å². The van der Waals surface area contributed by atoms with Gasteiger partial charge in [-0.25, -0.2) is 14.4 Å². The molecule has 0 spiro atoms. The van der Waals surface area contributed by atoms with E-state index in [4.69, 9.17) is 9.40 Å². The Morgan fingerprint density at radius 2 is 1.58 bits per heavy atom. The fourth-order valence-corrected chi connectivity index (χ4v) is 4.65. The van der Waals surface area contributed by atoms with Gasteiger partial charge in [-0.3, -0.25) is 4.57 Å². The fraction of sp³-hybridized carbons (Fsp3) is 0. The molecule has 0 aliphatic rings. The summed E-state index contributed by atoms with van der Waals surface area (Å²) in [6, 6.07) is 28.9. The van der Waals surface area contributed by atoms with E-state index in [0.29, 0.717) is 16.8 Å². The van der Waals surface area contributed by atoms with Gasteiger partial charge in [-0.2, -0.15) is 0 Å². The van der Waals surface area contributed by atoms with Crippen LogP contribution >= 0.6 is 0 Å². The van der Waals surface area contributed by atoms with E-state index in [0.717, 1.165) is 44.1 Å². The van der Waals surface area contributed by atoms with Gasteiger partial charge in [-0.1, -0.05) is 54.6 Å². The minimum atomic E-state index is -0.324. The zero-order valence-corrected chi connectivity index (χ0v) is 17.4. The maximum Gasteiger partial charge on any atom is 0.179 e. The van der Waals surface area contributed by atoms with Crippen LogP contribution in [0, 0.1) is 5.82 Å². The first-order chi connectivity index (χ1) is 16.3. The number of benzene rings is 4. The molecule has 0 aliphatic carbocycles. The third kappa shape index (κ3) is 2.62. The Bertz CT molecular complexity index is 1830. The fourth-order valence-electron chi connectivity index (χ4n) is 4.65. The molecular formula is C28H16FN3O. The second-order valence-corrected chi connectivity index (χ2v) is 8.05. The molecule has 0 radical (unpaired) electrons. The molecule has 0 saturated carbocycles. The van der Waals surface area contributed by atoms with Crippen molar-refractivity contribution in [1.29, 1.82) is 0 Å². The number of imidazole rings is 1. The smallest absolute Gasteiger partial charge is 0.179 e. The van der Waals surface area contributed by atoms with Crippen molar-refractivity contribution in [2.75, 3.05) is 0 Å². The van der Waals surface area contributed by atoms with Crippen LogP contribution in [-0.4, -0.2) is 14.5 Å². The maximum absolute atomic E-state index is 13.9. The molecule has 7 rings (SSSR count). The van der Waals surface area contributed by atoms with Gasteiger partial charge in [0, 0.05) is 39.5 Å². The number of para-hydroxylation sites is 2. The molecule has 0 N–H and O–H groups in total. The molecule has 0 amide bonds. The average molecular weight is 429 g/mol. The Morgan fingerprint density at radius 3 is 2.48 bits per heavy atom. The first-order valence-corrected chi connectivity index (χ1v) is 10.7. The van der Waals surface area contributed by atoms with Crippen LogP contribution in [0.3, 0.4) is 0 Å². The quantitative estimate of drug-likeness (QED) is 0.290. The van der Waals surface area contributed by atoms with Crippen molar-refractivity contribution in [3.05, 3.63) is 103 Å². The number of fused-ring (bicyclic) bond motifs is 6. The van der Waals surface area contributed by atoms with E-state index in [-0.39, 0.29) is 5.82 Å². The summed E-state index contributed by atoms with van der Waals surface area (Å²) in [5.74, 6) is 0.403. The molecule has 0 saturated heterocycles. The molecule has 7 aromatic rings. The number of aromatic nitrogens is 3. The topological polar surface area (TPSA) is 43.9 Å². The van der Waals surface area contributed by atoms with Gasteiger partial charge in [0.05, 0.1) is 5.56 Å². The highest BCUT2D eigenvalue weighted by molar-refractivity contribution is 6.10. The molecular weight excluding hydrogens is 413 g/mol. The normalized spacial score (nSPS) is 11.8. The van der Waals surface area contributed by atoms with Crippen LogP contribution in [0.15, 0.2) is 102 Å². The highest BCUT2D eigenvalue weighted by atomic mass is 19.1. The summed E-state index contributed by atoms with van der Waals surface area (Å²) in [6.45, 7) is 0. The molecule has 4 nitrogen and oxygen atoms in total. The minimum absolute atomic E-state index is 0.324. The van der Waals surface area contributed by atoms with Crippen molar-refractivity contribution in [2.45, 2.75) is 0 Å². The Hall–Kier alpha value is -4.51. The van der Waals surface area contributed by atoms with Crippen LogP contribution in [-0.2, 0) is 0 Å². The lowest BCUT2D eigenvalue weighted by molar-refractivity contribution is 0.618. The summed E-state index contributed by atoms with van der Waals surface area (Å²) in [4.78, 5) is 9.63. The number of rotatable bonds is 2. The number of pyridine rings is 1. The molecule has 4 aromatic carbocycles. The van der Waals surface area contributed by atoms with Crippen molar-refractivity contribution < 1.29 is 8.81 Å². The van der Waals surface area contributed by atoms with Crippen molar-refractivity contribution in [3.8, 4) is 17.1 Å². The summed E-state index contributed by atoms with van der Waals surface area (Å²) < 4.78 is 22.2. The zero-order chi connectivity index (χ0) is 21.9. The Kier molecular flexibility index (Phi) is 3.70. The van der Waals surface area contributed by atoms with Crippen LogP contribution in [0.2, 0.25) is 0 Å². The van der Waals surface area contributed by atoms with E-state index in [2.05, 4.69) is 33.8 Å². The predicted octanol–water partition coefficient (Wildman–Crippen LogP) is 7.28. The van der Waals surface area contributed by atoms with Crippen LogP contribution < -0.4 is 0 Å². The molecule has 0 aliphatic heterocycles. The van der Waals surface area contributed by atoms with Crippen LogP contribution in [0.25, 0.3) is 61.0 Å². The SMILES string of the molecule is Fc1ccc2c(c1)oc1c(-c3nc4ncc5ccccc5c4n3-c3ccccc3)cccc12. The van der Waals surface area contributed by atoms with Gasteiger partial charge in [0.2, 0.25) is 0 Å². The Morgan fingerprint density at radius 1 is 0.758 bits per heavy atom. The van der Waals surface area contributed by atoms with Crippen molar-refractivity contribution in [3.63, 3.8) is 0 Å². The van der Waals surface area contributed by atoms with Crippen molar-refractivity contribution in [1.82, 2.24) is 14.5 Å². The lowest BCUT2D eigenvalue weighted by Gasteiger charge is -2.11. The van der Waals surface area contributed by atoms with Gasteiger partial charge in [-0.15, -0.1) is 0 Å². The van der Waals surface area contributed by atoms with Crippen LogP contribution in [0.1, 0.15) is 0 Å².